The largest absolute Gasteiger partial charge is 0.350 e. The summed E-state index contributed by atoms with van der Waals surface area (Å²) in [7, 11) is 1.33. The molecule has 184 valence electrons. The van der Waals surface area contributed by atoms with E-state index in [-0.39, 0.29) is 18.4 Å². The number of hydrogen-bond donors (Lipinski definition) is 4. The van der Waals surface area contributed by atoms with Crippen LogP contribution in [0.2, 0.25) is 0 Å². The van der Waals surface area contributed by atoms with Gasteiger partial charge in [-0.05, 0) is 38.8 Å². The topological polar surface area (TPSA) is 109 Å². The second kappa shape index (κ2) is 20.7. The third-order valence-electron chi connectivity index (χ3n) is 4.12. The van der Waals surface area contributed by atoms with Gasteiger partial charge in [-0.2, -0.15) is 0 Å². The highest BCUT2D eigenvalue weighted by Gasteiger charge is 2.15. The maximum absolute atomic E-state index is 12.1. The van der Waals surface area contributed by atoms with Crippen molar-refractivity contribution in [2.45, 2.75) is 53.1 Å². The van der Waals surface area contributed by atoms with Crippen LogP contribution in [-0.4, -0.2) is 37.4 Å². The molecular weight excluding hydrogens is 555 g/mol. The molecule has 2 rings (SSSR count). The molecular formula is C23H35IN4O4S. The van der Waals surface area contributed by atoms with Gasteiger partial charge in [0.05, 0.1) is 13.2 Å². The van der Waals surface area contributed by atoms with Gasteiger partial charge < -0.3 is 10.6 Å². The van der Waals surface area contributed by atoms with Crippen molar-refractivity contribution in [1.29, 1.82) is 0 Å². The monoisotopic (exact) mass is 590 g/mol. The number of amides is 3. The molecule has 0 aliphatic rings. The van der Waals surface area contributed by atoms with E-state index in [2.05, 4.69) is 32.6 Å². The van der Waals surface area contributed by atoms with Crippen molar-refractivity contribution in [3.05, 3.63) is 48.0 Å². The van der Waals surface area contributed by atoms with E-state index in [1.807, 2.05) is 77.5 Å². The summed E-state index contributed by atoms with van der Waals surface area (Å²) in [5.41, 5.74) is 3.16. The molecule has 1 unspecified atom stereocenters. The fourth-order valence-electron chi connectivity index (χ4n) is 2.54. The van der Waals surface area contributed by atoms with E-state index in [0.717, 1.165) is 29.2 Å². The van der Waals surface area contributed by atoms with Gasteiger partial charge in [-0.25, -0.2) is 10.2 Å². The number of hydroxylamine groups is 1. The number of nitrogens with one attached hydrogen (secondary N) is 4. The Balaban J connectivity index is 0.000000868. The van der Waals surface area contributed by atoms with E-state index >= 15 is 0 Å². The Labute approximate surface area is 213 Å². The first-order valence-electron chi connectivity index (χ1n) is 10.9. The molecule has 0 aliphatic heterocycles. The third-order valence-corrected chi connectivity index (χ3v) is 5.31. The summed E-state index contributed by atoms with van der Waals surface area (Å²) in [4.78, 5) is 37.8. The van der Waals surface area contributed by atoms with Crippen molar-refractivity contribution in [3.8, 4) is 0 Å². The third kappa shape index (κ3) is 14.1. The molecule has 10 heteroatoms. The Hall–Kier alpha value is -1.89. The van der Waals surface area contributed by atoms with Crippen molar-refractivity contribution >= 4 is 59.3 Å². The molecule has 0 saturated heterocycles. The van der Waals surface area contributed by atoms with E-state index in [1.165, 1.54) is 9.12 Å². The minimum atomic E-state index is -0.571. The van der Waals surface area contributed by atoms with Crippen LogP contribution in [0.5, 0.6) is 0 Å². The van der Waals surface area contributed by atoms with Crippen LogP contribution in [0.1, 0.15) is 46.1 Å². The molecule has 0 radical (unpaired) electrons. The van der Waals surface area contributed by atoms with Gasteiger partial charge in [0.1, 0.15) is 6.04 Å². The van der Waals surface area contributed by atoms with Crippen LogP contribution in [0, 0.1) is 0 Å². The molecule has 0 spiro atoms. The zero-order valence-corrected chi connectivity index (χ0v) is 22.6. The maximum Gasteiger partial charge on any atom is 0.242 e. The van der Waals surface area contributed by atoms with Crippen LogP contribution in [0.15, 0.2) is 42.5 Å². The van der Waals surface area contributed by atoms with E-state index in [1.54, 1.807) is 6.92 Å². The number of fused-ring (bicyclic) bond motifs is 1. The lowest BCUT2D eigenvalue weighted by molar-refractivity contribution is -0.128. The minimum Gasteiger partial charge on any atom is -0.350 e. The zero-order valence-electron chi connectivity index (χ0n) is 19.7. The summed E-state index contributed by atoms with van der Waals surface area (Å²) in [6, 6.07) is 13.5. The van der Waals surface area contributed by atoms with E-state index in [9.17, 15) is 14.4 Å². The average molecular weight is 591 g/mol. The van der Waals surface area contributed by atoms with Gasteiger partial charge in [0.2, 0.25) is 18.2 Å². The Kier molecular flexibility index (Phi) is 19.5. The van der Waals surface area contributed by atoms with Crippen LogP contribution in [0.4, 0.5) is 0 Å². The quantitative estimate of drug-likeness (QED) is 0.0978. The SMILES string of the molecule is CC.CC(NC(=O)CNSI)C(=O)NCc1cccc2ccccc12.CCCCONC=O. The van der Waals surface area contributed by atoms with Gasteiger partial charge in [0.15, 0.2) is 0 Å². The fraction of sp³-hybridized carbons (Fsp3) is 0.435. The number of unbranched alkanes of at least 4 members (excludes halogenated alkanes) is 1. The van der Waals surface area contributed by atoms with Gasteiger partial charge in [0, 0.05) is 27.8 Å². The van der Waals surface area contributed by atoms with Crippen molar-refractivity contribution in [2.75, 3.05) is 13.2 Å². The molecule has 2 aromatic carbocycles. The lowest BCUT2D eigenvalue weighted by Gasteiger charge is -2.15. The maximum atomic E-state index is 12.1. The first-order valence-corrected chi connectivity index (χ1v) is 14.2. The number of benzene rings is 2. The molecule has 2 aromatic rings. The molecule has 0 fully saturated rings. The van der Waals surface area contributed by atoms with Gasteiger partial charge in [-0.15, -0.1) is 0 Å². The smallest absolute Gasteiger partial charge is 0.242 e. The second-order valence-electron chi connectivity index (χ2n) is 6.48. The van der Waals surface area contributed by atoms with E-state index in [4.69, 9.17) is 0 Å². The molecule has 0 bridgehead atoms. The standard InChI is InChI=1S/C16H18IN3O2S.C5H11NO2.C2H6/c1-11(20-15(21)10-19-23-17)16(22)18-9-13-7-4-6-12-5-2-3-8-14(12)13;1-2-3-4-8-6-5-7;1-2/h2-8,11,19H,9-10H2,1H3,(H,18,22)(H,20,21);5H,2-4H2,1H3,(H,6,7);1-2H3. The lowest BCUT2D eigenvalue weighted by atomic mass is 10.0. The Morgan fingerprint density at radius 3 is 2.52 bits per heavy atom. The predicted molar refractivity (Wildman–Crippen MR) is 144 cm³/mol. The second-order valence-corrected chi connectivity index (χ2v) is 8.25. The first-order chi connectivity index (χ1) is 16.0. The van der Waals surface area contributed by atoms with Crippen LogP contribution >= 0.6 is 30.3 Å². The Morgan fingerprint density at radius 1 is 1.15 bits per heavy atom. The highest BCUT2D eigenvalue weighted by molar-refractivity contribution is 14.2. The van der Waals surface area contributed by atoms with Crippen LogP contribution < -0.4 is 20.8 Å². The summed E-state index contributed by atoms with van der Waals surface area (Å²) in [5.74, 6) is -0.407. The molecule has 0 saturated carbocycles. The summed E-state index contributed by atoms with van der Waals surface area (Å²) >= 11 is 2.04. The van der Waals surface area contributed by atoms with Crippen molar-refractivity contribution in [3.63, 3.8) is 0 Å². The predicted octanol–water partition coefficient (Wildman–Crippen LogP) is 4.04. The van der Waals surface area contributed by atoms with Crippen molar-refractivity contribution in [2.24, 2.45) is 0 Å². The van der Waals surface area contributed by atoms with Gasteiger partial charge in [-0.1, -0.05) is 69.7 Å². The Bertz CT molecular complexity index is 821. The molecule has 0 heterocycles. The van der Waals surface area contributed by atoms with Gasteiger partial charge in [-0.3, -0.25) is 19.2 Å². The number of carbonyl (C=O) groups excluding carboxylic acids is 3. The van der Waals surface area contributed by atoms with Crippen molar-refractivity contribution in [1.82, 2.24) is 20.8 Å². The van der Waals surface area contributed by atoms with Crippen LogP contribution in [-0.2, 0) is 25.8 Å². The number of carbonyl (C=O) groups is 3. The summed E-state index contributed by atoms with van der Waals surface area (Å²) < 4.78 is 2.83. The molecule has 33 heavy (non-hydrogen) atoms. The lowest BCUT2D eigenvalue weighted by Crippen LogP contribution is -2.46. The van der Waals surface area contributed by atoms with Gasteiger partial charge in [0.25, 0.3) is 0 Å². The van der Waals surface area contributed by atoms with Crippen LogP contribution in [0.3, 0.4) is 0 Å². The molecule has 3 amide bonds. The first kappa shape index (κ1) is 31.1. The molecule has 0 aromatic heterocycles. The number of hydrogen-bond acceptors (Lipinski definition) is 6. The highest BCUT2D eigenvalue weighted by atomic mass is 127. The molecule has 0 aliphatic carbocycles. The Morgan fingerprint density at radius 2 is 1.85 bits per heavy atom. The van der Waals surface area contributed by atoms with Crippen LogP contribution in [0.25, 0.3) is 10.8 Å². The van der Waals surface area contributed by atoms with E-state index in [0.29, 0.717) is 19.6 Å². The fourth-order valence-corrected chi connectivity index (χ4v) is 3.20. The normalized spacial score (nSPS) is 10.6. The van der Waals surface area contributed by atoms with Gasteiger partial charge >= 0.3 is 0 Å². The molecule has 8 nitrogen and oxygen atoms in total. The summed E-state index contributed by atoms with van der Waals surface area (Å²) in [5, 5.41) is 7.79. The summed E-state index contributed by atoms with van der Waals surface area (Å²) in [6.07, 6.45) is 2.59. The molecule has 1 atom stereocenters. The zero-order chi connectivity index (χ0) is 24.9. The van der Waals surface area contributed by atoms with Crippen molar-refractivity contribution < 1.29 is 19.2 Å². The van der Waals surface area contributed by atoms with E-state index < -0.39 is 6.04 Å². The summed E-state index contributed by atoms with van der Waals surface area (Å²) in [6.45, 7) is 8.95. The average Bonchev–Trinajstić information content (AvgIpc) is 2.85. The minimum absolute atomic E-state index is 0.175. The number of halogens is 1. The number of rotatable bonds is 12. The highest BCUT2D eigenvalue weighted by Crippen LogP contribution is 2.18. The molecule has 4 N–H and O–H groups in total.